The van der Waals surface area contributed by atoms with E-state index in [0.717, 1.165) is 5.69 Å². The van der Waals surface area contributed by atoms with Gasteiger partial charge in [0.2, 0.25) is 5.88 Å². The Morgan fingerprint density at radius 3 is 2.68 bits per heavy atom. The van der Waals surface area contributed by atoms with Gasteiger partial charge < -0.3 is 10.1 Å². The fourth-order valence-electron chi connectivity index (χ4n) is 1.44. The lowest BCUT2D eigenvalue weighted by Crippen LogP contribution is -2.01. The van der Waals surface area contributed by atoms with Crippen LogP contribution < -0.4 is 10.1 Å². The Kier molecular flexibility index (Phi) is 4.45. The zero-order chi connectivity index (χ0) is 13.8. The summed E-state index contributed by atoms with van der Waals surface area (Å²) in [5, 5.41) is 3.85. The summed E-state index contributed by atoms with van der Waals surface area (Å²) in [4.78, 5) is 8.40. The van der Waals surface area contributed by atoms with Gasteiger partial charge in [-0.05, 0) is 32.0 Å². The highest BCUT2D eigenvalue weighted by Crippen LogP contribution is 2.33. The minimum Gasteiger partial charge on any atom is -0.436 e. The largest absolute Gasteiger partial charge is 0.436 e. The minimum atomic E-state index is 0.299. The van der Waals surface area contributed by atoms with Crippen LogP contribution in [0.4, 0.5) is 5.82 Å². The number of aryl methyl sites for hydroxylation is 1. The van der Waals surface area contributed by atoms with Crippen LogP contribution in [0.5, 0.6) is 11.6 Å². The Labute approximate surface area is 121 Å². The van der Waals surface area contributed by atoms with Gasteiger partial charge in [-0.2, -0.15) is 4.98 Å². The van der Waals surface area contributed by atoms with E-state index in [4.69, 9.17) is 27.9 Å². The Hall–Kier alpha value is -1.52. The molecule has 0 aliphatic heterocycles. The molecule has 0 amide bonds. The van der Waals surface area contributed by atoms with Crippen molar-refractivity contribution in [3.63, 3.8) is 0 Å². The second kappa shape index (κ2) is 6.08. The van der Waals surface area contributed by atoms with E-state index >= 15 is 0 Å². The number of hydrogen-bond acceptors (Lipinski definition) is 4. The van der Waals surface area contributed by atoms with E-state index in [0.29, 0.717) is 34.0 Å². The van der Waals surface area contributed by atoms with Gasteiger partial charge in [0.15, 0.2) is 0 Å². The third kappa shape index (κ3) is 3.49. The SMILES string of the molecule is CCNc1nc(Oc2ccc(C)nc2)c(Cl)cc1Cl. The lowest BCUT2D eigenvalue weighted by atomic mass is 10.4. The number of ether oxygens (including phenoxy) is 1. The molecular weight excluding hydrogens is 285 g/mol. The van der Waals surface area contributed by atoms with Crippen LogP contribution in [-0.2, 0) is 0 Å². The Balaban J connectivity index is 2.28. The van der Waals surface area contributed by atoms with Crippen LogP contribution in [0, 0.1) is 6.92 Å². The molecule has 0 radical (unpaired) electrons. The summed E-state index contributed by atoms with van der Waals surface area (Å²) in [6.45, 7) is 4.57. The predicted molar refractivity (Wildman–Crippen MR) is 77.5 cm³/mol. The third-order valence-electron chi connectivity index (χ3n) is 2.34. The Bertz CT molecular complexity index is 573. The van der Waals surface area contributed by atoms with Gasteiger partial charge in [0.1, 0.15) is 16.6 Å². The molecule has 0 aliphatic carbocycles. The van der Waals surface area contributed by atoms with E-state index < -0.39 is 0 Å². The van der Waals surface area contributed by atoms with E-state index in [-0.39, 0.29) is 0 Å². The van der Waals surface area contributed by atoms with Crippen LogP contribution in [0.25, 0.3) is 0 Å². The Morgan fingerprint density at radius 1 is 1.26 bits per heavy atom. The van der Waals surface area contributed by atoms with E-state index in [9.17, 15) is 0 Å². The first-order valence-corrected chi connectivity index (χ1v) is 6.56. The lowest BCUT2D eigenvalue weighted by Gasteiger charge is -2.10. The van der Waals surface area contributed by atoms with Crippen molar-refractivity contribution in [1.29, 1.82) is 0 Å². The molecule has 0 aliphatic rings. The number of anilines is 1. The van der Waals surface area contributed by atoms with E-state index in [1.807, 2.05) is 26.0 Å². The maximum Gasteiger partial charge on any atom is 0.240 e. The summed E-state index contributed by atoms with van der Waals surface area (Å²) in [5.41, 5.74) is 0.913. The number of pyridine rings is 2. The molecular formula is C13H13Cl2N3O. The van der Waals surface area contributed by atoms with Crippen molar-refractivity contribution in [3.8, 4) is 11.6 Å². The molecule has 0 spiro atoms. The third-order valence-corrected chi connectivity index (χ3v) is 2.90. The van der Waals surface area contributed by atoms with Gasteiger partial charge in [-0.15, -0.1) is 0 Å². The fourth-order valence-corrected chi connectivity index (χ4v) is 1.90. The molecule has 1 N–H and O–H groups in total. The molecule has 0 bridgehead atoms. The molecule has 2 heterocycles. The normalized spacial score (nSPS) is 10.3. The summed E-state index contributed by atoms with van der Waals surface area (Å²) < 4.78 is 5.60. The second-order valence-corrected chi connectivity index (χ2v) is 4.69. The molecule has 0 saturated carbocycles. The average Bonchev–Trinajstić information content (AvgIpc) is 2.38. The van der Waals surface area contributed by atoms with Gasteiger partial charge in [0.05, 0.1) is 11.2 Å². The summed E-state index contributed by atoms with van der Waals surface area (Å²) in [7, 11) is 0. The van der Waals surface area contributed by atoms with Crippen LogP contribution >= 0.6 is 23.2 Å². The molecule has 0 fully saturated rings. The predicted octanol–water partition coefficient (Wildman–Crippen LogP) is 4.32. The summed E-state index contributed by atoms with van der Waals surface area (Å²) >= 11 is 12.1. The van der Waals surface area contributed by atoms with Crippen molar-refractivity contribution in [1.82, 2.24) is 9.97 Å². The molecule has 100 valence electrons. The molecule has 0 atom stereocenters. The maximum absolute atomic E-state index is 6.06. The molecule has 0 saturated heterocycles. The first-order chi connectivity index (χ1) is 9.10. The average molecular weight is 298 g/mol. The molecule has 0 unspecified atom stereocenters. The Morgan fingerprint density at radius 2 is 2.05 bits per heavy atom. The number of rotatable bonds is 4. The van der Waals surface area contributed by atoms with Crippen LogP contribution in [0.1, 0.15) is 12.6 Å². The van der Waals surface area contributed by atoms with Crippen molar-refractivity contribution in [2.45, 2.75) is 13.8 Å². The number of nitrogens with one attached hydrogen (secondary N) is 1. The molecule has 4 nitrogen and oxygen atoms in total. The van der Waals surface area contributed by atoms with Crippen molar-refractivity contribution < 1.29 is 4.74 Å². The van der Waals surface area contributed by atoms with Gasteiger partial charge in [-0.1, -0.05) is 23.2 Å². The van der Waals surface area contributed by atoms with E-state index in [1.165, 1.54) is 0 Å². The number of hydrogen-bond donors (Lipinski definition) is 1. The van der Waals surface area contributed by atoms with Gasteiger partial charge >= 0.3 is 0 Å². The van der Waals surface area contributed by atoms with Crippen LogP contribution in [-0.4, -0.2) is 16.5 Å². The van der Waals surface area contributed by atoms with Crippen molar-refractivity contribution >= 4 is 29.0 Å². The highest BCUT2D eigenvalue weighted by molar-refractivity contribution is 6.36. The smallest absolute Gasteiger partial charge is 0.240 e. The lowest BCUT2D eigenvalue weighted by molar-refractivity contribution is 0.461. The van der Waals surface area contributed by atoms with Crippen LogP contribution in [0.15, 0.2) is 24.4 Å². The first-order valence-electron chi connectivity index (χ1n) is 5.80. The topological polar surface area (TPSA) is 47.0 Å². The zero-order valence-corrected chi connectivity index (χ0v) is 12.1. The number of halogens is 2. The van der Waals surface area contributed by atoms with E-state index in [1.54, 1.807) is 12.3 Å². The zero-order valence-electron chi connectivity index (χ0n) is 10.6. The highest BCUT2D eigenvalue weighted by Gasteiger charge is 2.11. The molecule has 2 aromatic heterocycles. The van der Waals surface area contributed by atoms with Gasteiger partial charge in [-0.25, -0.2) is 0 Å². The second-order valence-electron chi connectivity index (χ2n) is 3.87. The first kappa shape index (κ1) is 13.9. The molecule has 2 rings (SSSR count). The molecule has 0 aromatic carbocycles. The summed E-state index contributed by atoms with van der Waals surface area (Å²) in [5.74, 6) is 1.42. The van der Waals surface area contributed by atoms with Gasteiger partial charge in [0.25, 0.3) is 0 Å². The quantitative estimate of drug-likeness (QED) is 0.913. The number of aromatic nitrogens is 2. The standard InChI is InChI=1S/C13H13Cl2N3O/c1-3-16-12-10(14)6-11(15)13(18-12)19-9-5-4-8(2)17-7-9/h4-7H,3H2,1-2H3,(H,16,18). The maximum atomic E-state index is 6.06. The van der Waals surface area contributed by atoms with Crippen molar-refractivity contribution in [2.24, 2.45) is 0 Å². The van der Waals surface area contributed by atoms with Gasteiger partial charge in [-0.3, -0.25) is 4.98 Å². The number of nitrogens with zero attached hydrogens (tertiary/aromatic N) is 2. The minimum absolute atomic E-state index is 0.299. The van der Waals surface area contributed by atoms with E-state index in [2.05, 4.69) is 15.3 Å². The highest BCUT2D eigenvalue weighted by atomic mass is 35.5. The van der Waals surface area contributed by atoms with Crippen LogP contribution in [0.3, 0.4) is 0 Å². The van der Waals surface area contributed by atoms with Crippen LogP contribution in [0.2, 0.25) is 10.0 Å². The molecule has 6 heteroatoms. The monoisotopic (exact) mass is 297 g/mol. The van der Waals surface area contributed by atoms with Gasteiger partial charge in [0, 0.05) is 12.2 Å². The molecule has 19 heavy (non-hydrogen) atoms. The summed E-state index contributed by atoms with van der Waals surface area (Å²) in [6, 6.07) is 5.26. The molecule has 2 aromatic rings. The fraction of sp³-hybridized carbons (Fsp3) is 0.231. The summed E-state index contributed by atoms with van der Waals surface area (Å²) in [6.07, 6.45) is 1.62. The van der Waals surface area contributed by atoms with Crippen molar-refractivity contribution in [3.05, 3.63) is 40.1 Å². The van der Waals surface area contributed by atoms with Crippen molar-refractivity contribution in [2.75, 3.05) is 11.9 Å².